The molecule has 21 heavy (non-hydrogen) atoms. The van der Waals surface area contributed by atoms with Crippen molar-refractivity contribution in [3.05, 3.63) is 39.7 Å². The Hall–Kier alpha value is -2.97. The molecular formula is C12H12N4O5. The molecule has 0 saturated heterocycles. The van der Waals surface area contributed by atoms with E-state index in [-0.39, 0.29) is 17.1 Å². The molecule has 1 heterocycles. The number of carboxylic acid groups (broad SMARTS) is 1. The van der Waals surface area contributed by atoms with Crippen molar-refractivity contribution in [2.24, 2.45) is 0 Å². The SMILES string of the molecule is CCc1c(C(=O)O)nnn1-c1ccc(OC)c([N+](=O)[O-])c1. The van der Waals surface area contributed by atoms with Crippen molar-refractivity contribution < 1.29 is 19.6 Å². The number of rotatable bonds is 5. The number of nitro benzene ring substituents is 1. The van der Waals surface area contributed by atoms with Crippen LogP contribution in [0.15, 0.2) is 18.2 Å². The fraction of sp³-hybridized carbons (Fsp3) is 0.250. The molecule has 0 aliphatic carbocycles. The second kappa shape index (κ2) is 5.57. The lowest BCUT2D eigenvalue weighted by atomic mass is 10.2. The molecule has 0 atom stereocenters. The van der Waals surface area contributed by atoms with Crippen molar-refractivity contribution in [3.63, 3.8) is 0 Å². The average Bonchev–Trinajstić information content (AvgIpc) is 2.90. The zero-order valence-electron chi connectivity index (χ0n) is 11.3. The topological polar surface area (TPSA) is 120 Å². The number of methoxy groups -OCH3 is 1. The fourth-order valence-corrected chi connectivity index (χ4v) is 1.95. The summed E-state index contributed by atoms with van der Waals surface area (Å²) in [5.41, 5.74) is 0.307. The summed E-state index contributed by atoms with van der Waals surface area (Å²) in [6, 6.07) is 4.23. The molecule has 9 nitrogen and oxygen atoms in total. The summed E-state index contributed by atoms with van der Waals surface area (Å²) < 4.78 is 6.19. The number of hydrogen-bond donors (Lipinski definition) is 1. The van der Waals surface area contributed by atoms with Gasteiger partial charge in [-0.2, -0.15) is 0 Å². The number of nitrogens with zero attached hydrogens (tertiary/aromatic N) is 4. The fourth-order valence-electron chi connectivity index (χ4n) is 1.95. The quantitative estimate of drug-likeness (QED) is 0.653. The number of ether oxygens (including phenoxy) is 1. The Bertz CT molecular complexity index is 710. The molecule has 0 saturated carbocycles. The highest BCUT2D eigenvalue weighted by Crippen LogP contribution is 2.29. The number of aromatic carboxylic acids is 1. The first-order chi connectivity index (χ1) is 9.99. The summed E-state index contributed by atoms with van der Waals surface area (Å²) in [7, 11) is 1.33. The van der Waals surface area contributed by atoms with Crippen LogP contribution in [-0.2, 0) is 6.42 Å². The first-order valence-corrected chi connectivity index (χ1v) is 6.00. The number of carboxylic acids is 1. The maximum atomic E-state index is 11.1. The summed E-state index contributed by atoms with van der Waals surface area (Å²) in [5, 5.41) is 27.4. The van der Waals surface area contributed by atoms with Crippen LogP contribution in [0.25, 0.3) is 5.69 Å². The molecule has 0 unspecified atom stereocenters. The lowest BCUT2D eigenvalue weighted by Gasteiger charge is -2.07. The monoisotopic (exact) mass is 292 g/mol. The molecule has 0 amide bonds. The Balaban J connectivity index is 2.60. The molecular weight excluding hydrogens is 280 g/mol. The summed E-state index contributed by atoms with van der Waals surface area (Å²) in [5.74, 6) is -1.08. The molecule has 0 fully saturated rings. The van der Waals surface area contributed by atoms with Gasteiger partial charge >= 0.3 is 11.7 Å². The lowest BCUT2D eigenvalue weighted by molar-refractivity contribution is -0.385. The molecule has 2 aromatic rings. The Morgan fingerprint density at radius 2 is 2.24 bits per heavy atom. The van der Waals surface area contributed by atoms with E-state index < -0.39 is 10.9 Å². The largest absolute Gasteiger partial charge is 0.490 e. The second-order valence-electron chi connectivity index (χ2n) is 4.07. The van der Waals surface area contributed by atoms with Crippen LogP contribution in [0.1, 0.15) is 23.1 Å². The van der Waals surface area contributed by atoms with Crippen LogP contribution in [0.5, 0.6) is 5.75 Å². The Labute approximate surface area is 118 Å². The van der Waals surface area contributed by atoms with Crippen molar-refractivity contribution >= 4 is 11.7 Å². The van der Waals surface area contributed by atoms with Gasteiger partial charge in [-0.1, -0.05) is 12.1 Å². The van der Waals surface area contributed by atoms with Crippen LogP contribution in [-0.4, -0.2) is 38.1 Å². The van der Waals surface area contributed by atoms with Crippen molar-refractivity contribution in [3.8, 4) is 11.4 Å². The second-order valence-corrected chi connectivity index (χ2v) is 4.07. The predicted octanol–water partition coefficient (Wildman–Crippen LogP) is 1.44. The van der Waals surface area contributed by atoms with Gasteiger partial charge in [0.05, 0.1) is 23.4 Å². The minimum absolute atomic E-state index is 0.111. The number of nitro groups is 1. The van der Waals surface area contributed by atoms with E-state index in [9.17, 15) is 14.9 Å². The molecule has 0 spiro atoms. The molecule has 2 rings (SSSR count). The van der Waals surface area contributed by atoms with Crippen LogP contribution < -0.4 is 4.74 Å². The standard InChI is InChI=1S/C12H12N4O5/c1-3-8-11(12(17)18)13-14-15(8)7-4-5-10(21-2)9(6-7)16(19)20/h4-6H,3H2,1-2H3,(H,17,18). The molecule has 1 N–H and O–H groups in total. The predicted molar refractivity (Wildman–Crippen MR) is 70.9 cm³/mol. The van der Waals surface area contributed by atoms with Crippen molar-refractivity contribution in [1.29, 1.82) is 0 Å². The van der Waals surface area contributed by atoms with Crippen LogP contribution in [0.2, 0.25) is 0 Å². The number of aromatic nitrogens is 3. The molecule has 9 heteroatoms. The highest BCUT2D eigenvalue weighted by molar-refractivity contribution is 5.86. The number of hydrogen-bond acceptors (Lipinski definition) is 6. The zero-order valence-corrected chi connectivity index (χ0v) is 11.3. The van der Waals surface area contributed by atoms with Crippen molar-refractivity contribution in [2.45, 2.75) is 13.3 Å². The summed E-state index contributed by atoms with van der Waals surface area (Å²) in [6.45, 7) is 1.75. The van der Waals surface area contributed by atoms with E-state index in [1.165, 1.54) is 23.9 Å². The molecule has 0 aliphatic rings. The average molecular weight is 292 g/mol. The third kappa shape index (κ3) is 2.53. The summed E-state index contributed by atoms with van der Waals surface area (Å²) in [4.78, 5) is 21.5. The third-order valence-electron chi connectivity index (χ3n) is 2.90. The van der Waals surface area contributed by atoms with Crippen molar-refractivity contribution in [1.82, 2.24) is 15.0 Å². The van der Waals surface area contributed by atoms with E-state index >= 15 is 0 Å². The maximum Gasteiger partial charge on any atom is 0.358 e. The van der Waals surface area contributed by atoms with Gasteiger partial charge in [0.2, 0.25) is 0 Å². The molecule has 1 aromatic heterocycles. The number of benzene rings is 1. The van der Waals surface area contributed by atoms with Gasteiger partial charge in [-0.25, -0.2) is 9.48 Å². The zero-order chi connectivity index (χ0) is 15.6. The normalized spacial score (nSPS) is 10.4. The number of carbonyl (C=O) groups is 1. The Morgan fingerprint density at radius 3 is 2.76 bits per heavy atom. The molecule has 0 aliphatic heterocycles. The van der Waals surface area contributed by atoms with Crippen LogP contribution in [0, 0.1) is 10.1 Å². The highest BCUT2D eigenvalue weighted by Gasteiger charge is 2.21. The molecule has 0 bridgehead atoms. The minimum Gasteiger partial charge on any atom is -0.490 e. The van der Waals surface area contributed by atoms with Gasteiger partial charge < -0.3 is 9.84 Å². The Kier molecular flexibility index (Phi) is 3.83. The van der Waals surface area contributed by atoms with Gasteiger partial charge in [-0.15, -0.1) is 5.10 Å². The van der Waals surface area contributed by atoms with Gasteiger partial charge in [0.15, 0.2) is 11.4 Å². The first kappa shape index (κ1) is 14.4. The van der Waals surface area contributed by atoms with Gasteiger partial charge in [0.1, 0.15) is 0 Å². The van der Waals surface area contributed by atoms with E-state index in [0.29, 0.717) is 17.8 Å². The third-order valence-corrected chi connectivity index (χ3v) is 2.90. The van der Waals surface area contributed by atoms with Crippen LogP contribution in [0.3, 0.4) is 0 Å². The van der Waals surface area contributed by atoms with Crippen LogP contribution in [0.4, 0.5) is 5.69 Å². The molecule has 0 radical (unpaired) electrons. The lowest BCUT2D eigenvalue weighted by Crippen LogP contribution is -2.06. The molecule has 1 aromatic carbocycles. The van der Waals surface area contributed by atoms with Crippen LogP contribution >= 0.6 is 0 Å². The smallest absolute Gasteiger partial charge is 0.358 e. The Morgan fingerprint density at radius 1 is 1.52 bits per heavy atom. The summed E-state index contributed by atoms with van der Waals surface area (Å²) >= 11 is 0. The van der Waals surface area contributed by atoms with Gasteiger partial charge in [-0.05, 0) is 18.6 Å². The van der Waals surface area contributed by atoms with E-state index in [1.54, 1.807) is 13.0 Å². The first-order valence-electron chi connectivity index (χ1n) is 6.00. The minimum atomic E-state index is -1.19. The van der Waals surface area contributed by atoms with Gasteiger partial charge in [-0.3, -0.25) is 10.1 Å². The maximum absolute atomic E-state index is 11.1. The van der Waals surface area contributed by atoms with Gasteiger partial charge in [0, 0.05) is 6.07 Å². The highest BCUT2D eigenvalue weighted by atomic mass is 16.6. The summed E-state index contributed by atoms with van der Waals surface area (Å²) in [6.07, 6.45) is 0.370. The molecule has 110 valence electrons. The van der Waals surface area contributed by atoms with E-state index in [2.05, 4.69) is 10.3 Å². The van der Waals surface area contributed by atoms with Crippen molar-refractivity contribution in [2.75, 3.05) is 7.11 Å². The van der Waals surface area contributed by atoms with E-state index in [0.717, 1.165) is 0 Å². The van der Waals surface area contributed by atoms with E-state index in [1.807, 2.05) is 0 Å². The van der Waals surface area contributed by atoms with Gasteiger partial charge in [0.25, 0.3) is 0 Å². The van der Waals surface area contributed by atoms with E-state index in [4.69, 9.17) is 9.84 Å².